The van der Waals surface area contributed by atoms with Crippen LogP contribution in [-0.2, 0) is 6.54 Å². The predicted octanol–water partition coefficient (Wildman–Crippen LogP) is 4.60. The summed E-state index contributed by atoms with van der Waals surface area (Å²) in [6.45, 7) is 5.60. The Balaban J connectivity index is 1.68. The lowest BCUT2D eigenvalue weighted by Crippen LogP contribution is -2.26. The number of carbonyl (C=O) groups is 1. The standard InChI is InChI=1S/C21H21ClN4O3/c1-13(17-8-10-19(22)11-9-17)23-21(27)18-6-4-16(5-7-18)12-25-15(3)20(26(28)29)14(2)24-25/h4-11,13H,12H2,1-3H3,(H,23,27)/t13-/m1/s1. The van der Waals surface area contributed by atoms with E-state index in [1.807, 2.05) is 31.2 Å². The summed E-state index contributed by atoms with van der Waals surface area (Å²) >= 11 is 5.90. The smallest absolute Gasteiger partial charge is 0.312 e. The van der Waals surface area contributed by atoms with Gasteiger partial charge in [-0.1, -0.05) is 35.9 Å². The number of rotatable bonds is 6. The highest BCUT2D eigenvalue weighted by atomic mass is 35.5. The first-order valence-electron chi connectivity index (χ1n) is 9.10. The summed E-state index contributed by atoms with van der Waals surface area (Å²) in [7, 11) is 0. The van der Waals surface area contributed by atoms with E-state index in [9.17, 15) is 14.9 Å². The van der Waals surface area contributed by atoms with Crippen molar-refractivity contribution in [1.82, 2.24) is 15.1 Å². The maximum absolute atomic E-state index is 12.5. The van der Waals surface area contributed by atoms with Gasteiger partial charge in [0.1, 0.15) is 11.4 Å². The molecule has 0 bridgehead atoms. The molecule has 3 aromatic rings. The van der Waals surface area contributed by atoms with Crippen LogP contribution in [0.5, 0.6) is 0 Å². The summed E-state index contributed by atoms with van der Waals surface area (Å²) in [6, 6.07) is 14.3. The van der Waals surface area contributed by atoms with Crippen molar-refractivity contribution in [2.24, 2.45) is 0 Å². The highest BCUT2D eigenvalue weighted by Crippen LogP contribution is 2.23. The molecule has 7 nitrogen and oxygen atoms in total. The number of amides is 1. The molecule has 1 aromatic heterocycles. The SMILES string of the molecule is Cc1nn(Cc2ccc(C(=O)N[C@H](C)c3ccc(Cl)cc3)cc2)c(C)c1[N+](=O)[O-]. The van der Waals surface area contributed by atoms with Gasteiger partial charge in [0.25, 0.3) is 5.91 Å². The van der Waals surface area contributed by atoms with Crippen molar-refractivity contribution in [3.05, 3.63) is 91.7 Å². The fourth-order valence-corrected chi connectivity index (χ4v) is 3.28. The van der Waals surface area contributed by atoms with Gasteiger partial charge in [-0.25, -0.2) is 0 Å². The number of halogens is 1. The molecule has 0 aliphatic heterocycles. The molecule has 0 spiro atoms. The molecule has 29 heavy (non-hydrogen) atoms. The molecule has 1 atom stereocenters. The molecule has 1 N–H and O–H groups in total. The molecule has 0 fully saturated rings. The second kappa shape index (κ2) is 8.45. The van der Waals surface area contributed by atoms with E-state index in [0.29, 0.717) is 28.5 Å². The molecule has 0 saturated heterocycles. The number of benzene rings is 2. The van der Waals surface area contributed by atoms with E-state index in [4.69, 9.17) is 11.6 Å². The summed E-state index contributed by atoms with van der Waals surface area (Å²) in [5, 5.41) is 19.0. The van der Waals surface area contributed by atoms with Crippen LogP contribution in [0.4, 0.5) is 5.69 Å². The minimum absolute atomic E-state index is 0.0391. The zero-order chi connectivity index (χ0) is 21.1. The summed E-state index contributed by atoms with van der Waals surface area (Å²) in [6.07, 6.45) is 0. The Bertz CT molecular complexity index is 1040. The molecular formula is C21H21ClN4O3. The van der Waals surface area contributed by atoms with Crippen LogP contribution in [0.25, 0.3) is 0 Å². The number of carbonyl (C=O) groups excluding carboxylic acids is 1. The summed E-state index contributed by atoms with van der Waals surface area (Å²) < 4.78 is 1.60. The Hall–Kier alpha value is -3.19. The van der Waals surface area contributed by atoms with Gasteiger partial charge >= 0.3 is 5.69 Å². The average molecular weight is 413 g/mol. The van der Waals surface area contributed by atoms with E-state index in [-0.39, 0.29) is 17.6 Å². The predicted molar refractivity (Wildman–Crippen MR) is 111 cm³/mol. The Kier molecular flexibility index (Phi) is 5.98. The lowest BCUT2D eigenvalue weighted by molar-refractivity contribution is -0.386. The van der Waals surface area contributed by atoms with Crippen LogP contribution < -0.4 is 5.32 Å². The Morgan fingerprint density at radius 1 is 1.17 bits per heavy atom. The molecule has 0 radical (unpaired) electrons. The third-order valence-electron chi connectivity index (χ3n) is 4.79. The van der Waals surface area contributed by atoms with Gasteiger partial charge in [0.15, 0.2) is 0 Å². The van der Waals surface area contributed by atoms with Crippen LogP contribution in [0, 0.1) is 24.0 Å². The molecule has 0 aliphatic carbocycles. The summed E-state index contributed by atoms with van der Waals surface area (Å²) in [4.78, 5) is 23.2. The Morgan fingerprint density at radius 3 is 2.34 bits per heavy atom. The number of aromatic nitrogens is 2. The first-order valence-corrected chi connectivity index (χ1v) is 9.47. The van der Waals surface area contributed by atoms with Gasteiger partial charge in [-0.2, -0.15) is 5.10 Å². The summed E-state index contributed by atoms with van der Waals surface area (Å²) in [5.41, 5.74) is 3.33. The number of hydrogen-bond donors (Lipinski definition) is 1. The quantitative estimate of drug-likeness (QED) is 0.473. The highest BCUT2D eigenvalue weighted by molar-refractivity contribution is 6.30. The zero-order valence-corrected chi connectivity index (χ0v) is 17.1. The van der Waals surface area contributed by atoms with Crippen molar-refractivity contribution in [1.29, 1.82) is 0 Å². The lowest BCUT2D eigenvalue weighted by atomic mass is 10.1. The van der Waals surface area contributed by atoms with Crippen LogP contribution in [0.1, 0.15) is 45.8 Å². The molecular weight excluding hydrogens is 392 g/mol. The molecule has 0 unspecified atom stereocenters. The molecule has 8 heteroatoms. The summed E-state index contributed by atoms with van der Waals surface area (Å²) in [5.74, 6) is -0.180. The van der Waals surface area contributed by atoms with Crippen LogP contribution in [0.2, 0.25) is 5.02 Å². The largest absolute Gasteiger partial charge is 0.346 e. The maximum Gasteiger partial charge on any atom is 0.312 e. The maximum atomic E-state index is 12.5. The zero-order valence-electron chi connectivity index (χ0n) is 16.3. The third-order valence-corrected chi connectivity index (χ3v) is 5.04. The average Bonchev–Trinajstić information content (AvgIpc) is 2.96. The minimum Gasteiger partial charge on any atom is -0.346 e. The Labute approximate surface area is 173 Å². The van der Waals surface area contributed by atoms with Crippen molar-refractivity contribution < 1.29 is 9.72 Å². The van der Waals surface area contributed by atoms with Crippen molar-refractivity contribution in [3.8, 4) is 0 Å². The van der Waals surface area contributed by atoms with Crippen LogP contribution in [-0.4, -0.2) is 20.6 Å². The van der Waals surface area contributed by atoms with Gasteiger partial charge in [-0.15, -0.1) is 0 Å². The molecule has 1 heterocycles. The first kappa shape index (κ1) is 20.5. The molecule has 150 valence electrons. The number of nitro groups is 1. The van der Waals surface area contributed by atoms with E-state index in [0.717, 1.165) is 11.1 Å². The monoisotopic (exact) mass is 412 g/mol. The molecule has 0 aliphatic rings. The number of hydrogen-bond acceptors (Lipinski definition) is 4. The minimum atomic E-state index is -0.413. The van der Waals surface area contributed by atoms with Gasteiger partial charge in [-0.3, -0.25) is 19.6 Å². The lowest BCUT2D eigenvalue weighted by Gasteiger charge is -2.14. The first-order chi connectivity index (χ1) is 13.8. The molecule has 0 saturated carbocycles. The normalized spacial score (nSPS) is 11.9. The molecule has 1 amide bonds. The van der Waals surface area contributed by atoms with E-state index < -0.39 is 4.92 Å². The van der Waals surface area contributed by atoms with Gasteiger partial charge in [0.2, 0.25) is 0 Å². The van der Waals surface area contributed by atoms with Gasteiger partial charge < -0.3 is 5.32 Å². The highest BCUT2D eigenvalue weighted by Gasteiger charge is 2.21. The van der Waals surface area contributed by atoms with E-state index >= 15 is 0 Å². The Morgan fingerprint density at radius 2 is 1.79 bits per heavy atom. The fraction of sp³-hybridized carbons (Fsp3) is 0.238. The van der Waals surface area contributed by atoms with Crippen LogP contribution >= 0.6 is 11.6 Å². The van der Waals surface area contributed by atoms with Crippen molar-refractivity contribution in [2.45, 2.75) is 33.4 Å². The second-order valence-electron chi connectivity index (χ2n) is 6.88. The van der Waals surface area contributed by atoms with E-state index in [1.54, 1.807) is 42.8 Å². The third kappa shape index (κ3) is 4.63. The molecule has 3 rings (SSSR count). The van der Waals surface area contributed by atoms with Crippen molar-refractivity contribution >= 4 is 23.2 Å². The van der Waals surface area contributed by atoms with Crippen molar-refractivity contribution in [2.75, 3.05) is 0 Å². The van der Waals surface area contributed by atoms with Gasteiger partial charge in [-0.05, 0) is 56.2 Å². The topological polar surface area (TPSA) is 90.1 Å². The van der Waals surface area contributed by atoms with Crippen LogP contribution in [0.15, 0.2) is 48.5 Å². The number of nitrogens with one attached hydrogen (secondary N) is 1. The van der Waals surface area contributed by atoms with E-state index in [2.05, 4.69) is 10.4 Å². The number of aryl methyl sites for hydroxylation is 1. The second-order valence-corrected chi connectivity index (χ2v) is 7.31. The van der Waals surface area contributed by atoms with Crippen LogP contribution in [0.3, 0.4) is 0 Å². The fourth-order valence-electron chi connectivity index (χ4n) is 3.15. The van der Waals surface area contributed by atoms with Crippen molar-refractivity contribution in [3.63, 3.8) is 0 Å². The molecule has 2 aromatic carbocycles. The van der Waals surface area contributed by atoms with E-state index in [1.165, 1.54) is 0 Å². The van der Waals surface area contributed by atoms with Gasteiger partial charge in [0, 0.05) is 10.6 Å². The van der Waals surface area contributed by atoms with Gasteiger partial charge in [0.05, 0.1) is 17.5 Å². The number of nitrogens with zero attached hydrogens (tertiary/aromatic N) is 3.